The highest BCUT2D eigenvalue weighted by Crippen LogP contribution is 2.31. The van der Waals surface area contributed by atoms with E-state index < -0.39 is 35.1 Å². The average Bonchev–Trinajstić information content (AvgIpc) is 3.44. The molecule has 1 aliphatic rings. The number of ether oxygens (including phenoxy) is 3. The first-order chi connectivity index (χ1) is 15.9. The van der Waals surface area contributed by atoms with Crippen molar-refractivity contribution in [3.8, 4) is 0 Å². The van der Waals surface area contributed by atoms with Gasteiger partial charge in [0.2, 0.25) is 5.96 Å². The van der Waals surface area contributed by atoms with Gasteiger partial charge in [0.25, 0.3) is 0 Å². The molecule has 0 bridgehead atoms. The first kappa shape index (κ1) is 30.7. The molecule has 0 spiro atoms. The third-order valence-corrected chi connectivity index (χ3v) is 4.52. The summed E-state index contributed by atoms with van der Waals surface area (Å²) < 4.78 is 16.6. The van der Waals surface area contributed by atoms with Crippen LogP contribution in [0.4, 0.5) is 14.4 Å². The SMILES string of the molecule is CC(C)(C)OC(=O)/N=C(\N(CCCCCN)C(=O)OC(C)(C)C)N(CC1CC1)C(=O)OC(C)(C)C. The Kier molecular flexibility index (Phi) is 11.0. The summed E-state index contributed by atoms with van der Waals surface area (Å²) in [7, 11) is 0. The molecule has 0 aromatic carbocycles. The first-order valence-electron chi connectivity index (χ1n) is 12.4. The molecule has 10 nitrogen and oxygen atoms in total. The van der Waals surface area contributed by atoms with Gasteiger partial charge in [-0.25, -0.2) is 24.2 Å². The maximum atomic E-state index is 13.3. The molecule has 0 aliphatic heterocycles. The van der Waals surface area contributed by atoms with Crippen LogP contribution >= 0.6 is 0 Å². The van der Waals surface area contributed by atoms with Crippen molar-refractivity contribution in [1.82, 2.24) is 9.80 Å². The molecule has 1 aliphatic carbocycles. The van der Waals surface area contributed by atoms with Gasteiger partial charge < -0.3 is 19.9 Å². The quantitative estimate of drug-likeness (QED) is 0.219. The van der Waals surface area contributed by atoms with Crippen LogP contribution in [0.2, 0.25) is 0 Å². The minimum Gasteiger partial charge on any atom is -0.443 e. The Balaban J connectivity index is 3.51. The molecule has 0 unspecified atom stereocenters. The summed E-state index contributed by atoms with van der Waals surface area (Å²) in [5, 5.41) is 0. The second-order valence-electron chi connectivity index (χ2n) is 11.9. The number of nitrogens with two attached hydrogens (primary N) is 1. The highest BCUT2D eigenvalue weighted by atomic mass is 16.6. The number of hydrogen-bond donors (Lipinski definition) is 1. The van der Waals surface area contributed by atoms with Crippen molar-refractivity contribution in [3.05, 3.63) is 0 Å². The molecule has 3 amide bonds. The summed E-state index contributed by atoms with van der Waals surface area (Å²) >= 11 is 0. The lowest BCUT2D eigenvalue weighted by molar-refractivity contribution is 0.0269. The smallest absolute Gasteiger partial charge is 0.437 e. The Hall–Kier alpha value is -2.36. The maximum Gasteiger partial charge on any atom is 0.437 e. The monoisotopic (exact) mass is 498 g/mol. The van der Waals surface area contributed by atoms with Gasteiger partial charge in [-0.1, -0.05) is 6.42 Å². The van der Waals surface area contributed by atoms with Crippen LogP contribution in [0.5, 0.6) is 0 Å². The predicted octanol–water partition coefficient (Wildman–Crippen LogP) is 5.29. The van der Waals surface area contributed by atoms with E-state index in [-0.39, 0.29) is 25.0 Å². The molecule has 0 aromatic heterocycles. The van der Waals surface area contributed by atoms with Crippen LogP contribution < -0.4 is 5.73 Å². The number of hydrogen-bond acceptors (Lipinski definition) is 7. The highest BCUT2D eigenvalue weighted by molar-refractivity contribution is 6.05. The zero-order valence-electron chi connectivity index (χ0n) is 23.1. The number of carbonyl (C=O) groups is 3. The van der Waals surface area contributed by atoms with Crippen molar-refractivity contribution in [3.63, 3.8) is 0 Å². The number of guanidine groups is 1. The van der Waals surface area contributed by atoms with Gasteiger partial charge in [-0.15, -0.1) is 4.99 Å². The maximum absolute atomic E-state index is 13.3. The number of amides is 3. The molecule has 0 radical (unpaired) electrons. The van der Waals surface area contributed by atoms with Crippen molar-refractivity contribution < 1.29 is 28.6 Å². The van der Waals surface area contributed by atoms with Crippen molar-refractivity contribution in [2.45, 2.75) is 111 Å². The molecule has 35 heavy (non-hydrogen) atoms. The van der Waals surface area contributed by atoms with E-state index in [4.69, 9.17) is 19.9 Å². The summed E-state index contributed by atoms with van der Waals surface area (Å²) in [4.78, 5) is 46.0. The van der Waals surface area contributed by atoms with Crippen molar-refractivity contribution in [2.75, 3.05) is 19.6 Å². The van der Waals surface area contributed by atoms with Crippen molar-refractivity contribution in [2.24, 2.45) is 16.6 Å². The third-order valence-electron chi connectivity index (χ3n) is 4.52. The lowest BCUT2D eigenvalue weighted by Gasteiger charge is -2.34. The number of nitrogens with zero attached hydrogens (tertiary/aromatic N) is 3. The zero-order valence-corrected chi connectivity index (χ0v) is 23.1. The van der Waals surface area contributed by atoms with E-state index in [0.717, 1.165) is 25.7 Å². The minimum absolute atomic E-state index is 0.151. The van der Waals surface area contributed by atoms with Gasteiger partial charge in [-0.2, -0.15) is 0 Å². The molecule has 0 heterocycles. The van der Waals surface area contributed by atoms with Gasteiger partial charge in [0.1, 0.15) is 16.8 Å². The Morgan fingerprint density at radius 1 is 0.771 bits per heavy atom. The Bertz CT molecular complexity index is 757. The normalized spacial score (nSPS) is 14.9. The fourth-order valence-electron chi connectivity index (χ4n) is 2.93. The van der Waals surface area contributed by atoms with Crippen LogP contribution in [0.25, 0.3) is 0 Å². The third kappa shape index (κ3) is 13.3. The Morgan fingerprint density at radius 3 is 1.69 bits per heavy atom. The van der Waals surface area contributed by atoms with Crippen LogP contribution in [0.1, 0.15) is 94.4 Å². The summed E-state index contributed by atoms with van der Waals surface area (Å²) in [5.41, 5.74) is 3.23. The fraction of sp³-hybridized carbons (Fsp3) is 0.840. The Labute approximate surface area is 210 Å². The first-order valence-corrected chi connectivity index (χ1v) is 12.4. The van der Waals surface area contributed by atoms with Gasteiger partial charge in [0.15, 0.2) is 0 Å². The van der Waals surface area contributed by atoms with Crippen LogP contribution in [-0.2, 0) is 14.2 Å². The van der Waals surface area contributed by atoms with E-state index >= 15 is 0 Å². The van der Waals surface area contributed by atoms with E-state index in [9.17, 15) is 14.4 Å². The van der Waals surface area contributed by atoms with Gasteiger partial charge in [0.05, 0.1) is 0 Å². The molecule has 0 atom stereocenters. The van der Waals surface area contributed by atoms with Crippen LogP contribution in [-0.4, -0.2) is 70.5 Å². The molecule has 10 heteroatoms. The molecular weight excluding hydrogens is 452 g/mol. The number of carbonyl (C=O) groups excluding carboxylic acids is 3. The summed E-state index contributed by atoms with van der Waals surface area (Å²) in [6, 6.07) is 0. The molecule has 2 N–H and O–H groups in total. The fourth-order valence-corrected chi connectivity index (χ4v) is 2.93. The summed E-state index contributed by atoms with van der Waals surface area (Å²) in [5.74, 6) is 0.0754. The molecule has 202 valence electrons. The second kappa shape index (κ2) is 12.6. The van der Waals surface area contributed by atoms with Crippen LogP contribution in [0.3, 0.4) is 0 Å². The highest BCUT2D eigenvalue weighted by Gasteiger charge is 2.38. The lowest BCUT2D eigenvalue weighted by atomic mass is 10.2. The molecule has 0 saturated heterocycles. The second-order valence-corrected chi connectivity index (χ2v) is 11.9. The van der Waals surface area contributed by atoms with Gasteiger partial charge in [0, 0.05) is 13.1 Å². The lowest BCUT2D eigenvalue weighted by Crippen LogP contribution is -2.53. The van der Waals surface area contributed by atoms with Gasteiger partial charge in [-0.3, -0.25) is 0 Å². The predicted molar refractivity (Wildman–Crippen MR) is 135 cm³/mol. The number of aliphatic imine (C=N–C) groups is 1. The van der Waals surface area contributed by atoms with Gasteiger partial charge >= 0.3 is 18.3 Å². The Morgan fingerprint density at radius 2 is 1.26 bits per heavy atom. The van der Waals surface area contributed by atoms with E-state index in [0.29, 0.717) is 13.0 Å². The topological polar surface area (TPSA) is 124 Å². The molecule has 1 rings (SSSR count). The summed E-state index contributed by atoms with van der Waals surface area (Å²) in [6.07, 6.45) is 1.66. The number of rotatable bonds is 7. The largest absolute Gasteiger partial charge is 0.443 e. The zero-order chi connectivity index (χ0) is 27.0. The average molecular weight is 499 g/mol. The van der Waals surface area contributed by atoms with E-state index in [2.05, 4.69) is 4.99 Å². The van der Waals surface area contributed by atoms with Crippen molar-refractivity contribution in [1.29, 1.82) is 0 Å². The molecule has 1 saturated carbocycles. The van der Waals surface area contributed by atoms with E-state index in [1.54, 1.807) is 62.3 Å². The van der Waals surface area contributed by atoms with E-state index in [1.807, 2.05) is 0 Å². The van der Waals surface area contributed by atoms with E-state index in [1.165, 1.54) is 9.80 Å². The van der Waals surface area contributed by atoms with Gasteiger partial charge in [-0.05, 0) is 100 Å². The molecular formula is C25H46N4O6. The molecule has 0 aromatic rings. The van der Waals surface area contributed by atoms with Crippen LogP contribution in [0, 0.1) is 5.92 Å². The van der Waals surface area contributed by atoms with Crippen LogP contribution in [0.15, 0.2) is 4.99 Å². The summed E-state index contributed by atoms with van der Waals surface area (Å²) in [6.45, 7) is 16.6. The van der Waals surface area contributed by atoms with Crippen molar-refractivity contribution >= 4 is 24.2 Å². The standard InChI is InChI=1S/C25H46N4O6/c1-23(2,3)33-20(30)27-19(29(17-18-13-14-18)22(32)35-25(7,8)9)28(16-12-10-11-15-26)21(31)34-24(4,5)6/h18H,10-17,26H2,1-9H3/b27-19+. The molecule has 1 fully saturated rings. The minimum atomic E-state index is -0.910. The number of unbranched alkanes of at least 4 members (excludes halogenated alkanes) is 2.